The number of hydrogen-bond acceptors (Lipinski definition) is 1. The second-order valence-electron chi connectivity index (χ2n) is 3.63. The zero-order valence-electron chi connectivity index (χ0n) is 8.11. The summed E-state index contributed by atoms with van der Waals surface area (Å²) in [5.41, 5.74) is 0. The summed E-state index contributed by atoms with van der Waals surface area (Å²) in [4.78, 5) is 12.0. The molecule has 0 heterocycles. The van der Waals surface area contributed by atoms with Gasteiger partial charge in [-0.25, -0.2) is 0 Å². The second-order valence-corrected chi connectivity index (χ2v) is 6.31. The van der Waals surface area contributed by atoms with Crippen LogP contribution in [-0.2, 0) is 4.79 Å². The van der Waals surface area contributed by atoms with Crippen LogP contribution in [0.4, 0.5) is 0 Å². The van der Waals surface area contributed by atoms with Gasteiger partial charge in [-0.1, -0.05) is 0 Å². The van der Waals surface area contributed by atoms with Gasteiger partial charge in [0.1, 0.15) is 0 Å². The third-order valence-electron chi connectivity index (χ3n) is 2.52. The molecule has 74 valence electrons. The van der Waals surface area contributed by atoms with Crippen molar-refractivity contribution in [1.29, 1.82) is 0 Å². The van der Waals surface area contributed by atoms with Gasteiger partial charge in [-0.15, -0.1) is 0 Å². The van der Waals surface area contributed by atoms with E-state index >= 15 is 0 Å². The topological polar surface area (TPSA) is 17.1 Å². The van der Waals surface area contributed by atoms with Gasteiger partial charge in [0.05, 0.1) is 0 Å². The summed E-state index contributed by atoms with van der Waals surface area (Å²) >= 11 is 0.360. The average Bonchev–Trinajstić information content (AvgIpc) is 2.23. The summed E-state index contributed by atoms with van der Waals surface area (Å²) in [6, 6.07) is 10.4. The number of rotatable bonds is 2. The van der Waals surface area contributed by atoms with Gasteiger partial charge in [0.25, 0.3) is 0 Å². The molecule has 0 aromatic heterocycles. The molecule has 2 rings (SSSR count). The van der Waals surface area contributed by atoms with Crippen LogP contribution in [0.1, 0.15) is 25.7 Å². The number of ketones is 1. The van der Waals surface area contributed by atoms with E-state index in [0.717, 1.165) is 19.3 Å². The summed E-state index contributed by atoms with van der Waals surface area (Å²) in [5.74, 6) is 0.500. The molecule has 0 bridgehead atoms. The predicted octanol–water partition coefficient (Wildman–Crippen LogP) is 1.95. The number of benzene rings is 1. The van der Waals surface area contributed by atoms with Gasteiger partial charge in [0.2, 0.25) is 0 Å². The molecule has 0 amide bonds. The molecule has 0 N–H and O–H groups in total. The normalized spacial score (nSPS) is 22.3. The Bertz CT molecular complexity index is 307. The van der Waals surface area contributed by atoms with E-state index in [0.29, 0.717) is 25.6 Å². The molecule has 0 unspecified atom stereocenters. The monoisotopic (exact) mass is 254 g/mol. The molecule has 1 nitrogen and oxygen atoms in total. The van der Waals surface area contributed by atoms with Gasteiger partial charge in [-0.05, 0) is 0 Å². The quantitative estimate of drug-likeness (QED) is 0.736. The van der Waals surface area contributed by atoms with Crippen LogP contribution in [0.2, 0.25) is 4.82 Å². The number of Topliss-reactive ketones (excluding diaryl/α,β-unsaturated/α-hetero) is 1. The van der Waals surface area contributed by atoms with Crippen LogP contribution in [0, 0.1) is 0 Å². The molecule has 0 aliphatic heterocycles. The maximum atomic E-state index is 11.6. The van der Waals surface area contributed by atoms with Crippen molar-refractivity contribution in [2.45, 2.75) is 30.5 Å². The van der Waals surface area contributed by atoms with E-state index in [2.05, 4.69) is 24.3 Å². The van der Waals surface area contributed by atoms with E-state index in [1.54, 1.807) is 0 Å². The first-order chi connectivity index (χ1) is 6.86. The summed E-state index contributed by atoms with van der Waals surface area (Å²) in [5, 5.41) is 0. The molecule has 1 saturated carbocycles. The van der Waals surface area contributed by atoms with Crippen molar-refractivity contribution in [3.8, 4) is 0 Å². The SMILES string of the molecule is O=C1CCCC[C@H]1[Se]c1ccccc1. The molecular formula is C12H14OSe. The molecule has 1 aromatic carbocycles. The summed E-state index contributed by atoms with van der Waals surface area (Å²) in [6.45, 7) is 0. The van der Waals surface area contributed by atoms with Gasteiger partial charge < -0.3 is 0 Å². The number of carbonyl (C=O) groups is 1. The zero-order valence-corrected chi connectivity index (χ0v) is 9.82. The zero-order chi connectivity index (χ0) is 9.80. The fraction of sp³-hybridized carbons (Fsp3) is 0.417. The molecule has 0 saturated heterocycles. The third-order valence-corrected chi connectivity index (χ3v) is 5.31. The maximum absolute atomic E-state index is 11.6. The van der Waals surface area contributed by atoms with Gasteiger partial charge >= 0.3 is 90.8 Å². The summed E-state index contributed by atoms with van der Waals surface area (Å²) in [7, 11) is 0. The molecule has 1 aromatic rings. The van der Waals surface area contributed by atoms with Gasteiger partial charge in [0, 0.05) is 0 Å². The van der Waals surface area contributed by atoms with Crippen molar-refractivity contribution in [2.75, 3.05) is 0 Å². The minimum absolute atomic E-state index is 0.360. The molecule has 14 heavy (non-hydrogen) atoms. The van der Waals surface area contributed by atoms with Crippen molar-refractivity contribution in [1.82, 2.24) is 0 Å². The first kappa shape index (κ1) is 9.95. The van der Waals surface area contributed by atoms with Crippen LogP contribution in [0.25, 0.3) is 0 Å². The fourth-order valence-electron chi connectivity index (χ4n) is 1.74. The van der Waals surface area contributed by atoms with Crippen molar-refractivity contribution in [3.63, 3.8) is 0 Å². The van der Waals surface area contributed by atoms with Gasteiger partial charge in [0.15, 0.2) is 0 Å². The van der Waals surface area contributed by atoms with Crippen molar-refractivity contribution < 1.29 is 4.79 Å². The van der Waals surface area contributed by atoms with E-state index < -0.39 is 0 Å². The van der Waals surface area contributed by atoms with Crippen LogP contribution in [0.15, 0.2) is 30.3 Å². The first-order valence-electron chi connectivity index (χ1n) is 5.11. The Morgan fingerprint density at radius 3 is 2.64 bits per heavy atom. The molecule has 0 radical (unpaired) electrons. The van der Waals surface area contributed by atoms with E-state index in [1.807, 2.05) is 6.07 Å². The van der Waals surface area contributed by atoms with Crippen LogP contribution in [0.5, 0.6) is 0 Å². The van der Waals surface area contributed by atoms with E-state index in [1.165, 1.54) is 10.9 Å². The van der Waals surface area contributed by atoms with Gasteiger partial charge in [-0.3, -0.25) is 0 Å². The Hall–Kier alpha value is -0.591. The van der Waals surface area contributed by atoms with Crippen LogP contribution in [-0.4, -0.2) is 20.7 Å². The van der Waals surface area contributed by atoms with E-state index in [4.69, 9.17) is 0 Å². The molecule has 1 aliphatic rings. The summed E-state index contributed by atoms with van der Waals surface area (Å²) < 4.78 is 1.36. The third kappa shape index (κ3) is 2.46. The Kier molecular flexibility index (Phi) is 3.39. The number of hydrogen-bond donors (Lipinski definition) is 0. The van der Waals surface area contributed by atoms with E-state index in [9.17, 15) is 4.79 Å². The minimum atomic E-state index is 0.360. The van der Waals surface area contributed by atoms with Crippen LogP contribution in [0.3, 0.4) is 0 Å². The standard InChI is InChI=1S/C12H14OSe/c13-11-8-4-5-9-12(11)14-10-6-2-1-3-7-10/h1-3,6-7,12H,4-5,8-9H2/t12-/m1/s1. The van der Waals surface area contributed by atoms with Gasteiger partial charge in [-0.2, -0.15) is 0 Å². The van der Waals surface area contributed by atoms with Crippen molar-refractivity contribution in [3.05, 3.63) is 30.3 Å². The molecule has 2 heteroatoms. The molecule has 1 atom stereocenters. The molecule has 1 aliphatic carbocycles. The second kappa shape index (κ2) is 4.77. The Labute approximate surface area is 91.1 Å². The van der Waals surface area contributed by atoms with Crippen LogP contribution >= 0.6 is 0 Å². The molecular weight excluding hydrogens is 239 g/mol. The van der Waals surface area contributed by atoms with E-state index in [-0.39, 0.29) is 0 Å². The Morgan fingerprint density at radius 1 is 1.14 bits per heavy atom. The number of carbonyl (C=O) groups excluding carboxylic acids is 1. The average molecular weight is 253 g/mol. The van der Waals surface area contributed by atoms with Crippen molar-refractivity contribution in [2.24, 2.45) is 0 Å². The van der Waals surface area contributed by atoms with Crippen molar-refractivity contribution >= 4 is 25.2 Å². The fourth-order valence-corrected chi connectivity index (χ4v) is 4.21. The van der Waals surface area contributed by atoms with Crippen LogP contribution < -0.4 is 4.46 Å². The predicted molar refractivity (Wildman–Crippen MR) is 59.1 cm³/mol. The molecule has 1 fully saturated rings. The Morgan fingerprint density at radius 2 is 1.93 bits per heavy atom. The first-order valence-corrected chi connectivity index (χ1v) is 6.95. The summed E-state index contributed by atoms with van der Waals surface area (Å²) in [6.07, 6.45) is 4.29. The molecule has 0 spiro atoms. The Balaban J connectivity index is 2.00.